The van der Waals surface area contributed by atoms with E-state index in [4.69, 9.17) is 17.2 Å². The van der Waals surface area contributed by atoms with Crippen molar-refractivity contribution in [3.8, 4) is 0 Å². The molecule has 130 valence electrons. The van der Waals surface area contributed by atoms with Crippen molar-refractivity contribution in [2.45, 2.75) is 40.0 Å². The summed E-state index contributed by atoms with van der Waals surface area (Å²) in [5.41, 5.74) is 19.6. The monoisotopic (exact) mass is 356 g/mol. The van der Waals surface area contributed by atoms with Gasteiger partial charge in [0.2, 0.25) is 5.91 Å². The SMILES string of the molecule is C=CC(N)=O.CCCN.CCCN.CCCN.Cl.Cl.Cl. The van der Waals surface area contributed by atoms with Crippen LogP contribution in [0.4, 0.5) is 0 Å². The lowest BCUT2D eigenvalue weighted by Crippen LogP contribution is -2.04. The van der Waals surface area contributed by atoms with E-state index in [-0.39, 0.29) is 37.2 Å². The first kappa shape index (κ1) is 42.7. The Hall–Kier alpha value is -0.0400. The normalized spacial score (nSPS) is 6.10. The molecule has 0 aliphatic rings. The summed E-state index contributed by atoms with van der Waals surface area (Å²) < 4.78 is 0. The zero-order valence-electron chi connectivity index (χ0n) is 13.0. The molecular formula is C12H35Cl3N4O. The molecule has 0 spiro atoms. The van der Waals surface area contributed by atoms with Gasteiger partial charge in [-0.05, 0) is 45.0 Å². The quantitative estimate of drug-likeness (QED) is 0.575. The average Bonchev–Trinajstić information content (AvgIpc) is 2.39. The fraction of sp³-hybridized carbons (Fsp3) is 0.750. The van der Waals surface area contributed by atoms with E-state index in [0.29, 0.717) is 0 Å². The first-order valence-electron chi connectivity index (χ1n) is 6.04. The van der Waals surface area contributed by atoms with E-state index >= 15 is 0 Å². The summed E-state index contributed by atoms with van der Waals surface area (Å²) in [6.45, 7) is 11.7. The molecule has 0 heterocycles. The van der Waals surface area contributed by atoms with Gasteiger partial charge in [-0.3, -0.25) is 4.79 Å². The van der Waals surface area contributed by atoms with Crippen molar-refractivity contribution in [1.82, 2.24) is 0 Å². The number of primary amides is 1. The number of carbonyl (C=O) groups excluding carboxylic acids is 1. The Labute approximate surface area is 143 Å². The molecule has 0 aromatic rings. The highest BCUT2D eigenvalue weighted by Gasteiger charge is 1.69. The smallest absolute Gasteiger partial charge is 0.240 e. The molecule has 20 heavy (non-hydrogen) atoms. The third-order valence-corrected chi connectivity index (χ3v) is 1.07. The summed E-state index contributed by atoms with van der Waals surface area (Å²) >= 11 is 0. The van der Waals surface area contributed by atoms with Crippen molar-refractivity contribution in [3.05, 3.63) is 12.7 Å². The molecule has 0 bridgehead atoms. The van der Waals surface area contributed by atoms with Crippen LogP contribution in [0, 0.1) is 0 Å². The molecule has 0 atom stereocenters. The van der Waals surface area contributed by atoms with Crippen molar-refractivity contribution in [2.75, 3.05) is 19.6 Å². The van der Waals surface area contributed by atoms with Gasteiger partial charge in [-0.15, -0.1) is 37.2 Å². The largest absolute Gasteiger partial charge is 0.366 e. The Morgan fingerprint density at radius 2 is 0.950 bits per heavy atom. The van der Waals surface area contributed by atoms with E-state index in [1.54, 1.807) is 0 Å². The number of hydrogen-bond donors (Lipinski definition) is 4. The molecule has 8 N–H and O–H groups in total. The third-order valence-electron chi connectivity index (χ3n) is 1.07. The highest BCUT2D eigenvalue weighted by Crippen LogP contribution is 1.58. The molecule has 0 aromatic heterocycles. The minimum absolute atomic E-state index is 0. The van der Waals surface area contributed by atoms with Crippen LogP contribution in [0.25, 0.3) is 0 Å². The van der Waals surface area contributed by atoms with E-state index < -0.39 is 5.91 Å². The van der Waals surface area contributed by atoms with Gasteiger partial charge in [-0.1, -0.05) is 27.4 Å². The van der Waals surface area contributed by atoms with Gasteiger partial charge in [0.15, 0.2) is 0 Å². The summed E-state index contributed by atoms with van der Waals surface area (Å²) in [6, 6.07) is 0. The average molecular weight is 358 g/mol. The van der Waals surface area contributed by atoms with Crippen molar-refractivity contribution in [3.63, 3.8) is 0 Å². The van der Waals surface area contributed by atoms with Crippen LogP contribution in [-0.2, 0) is 4.79 Å². The second kappa shape index (κ2) is 61.6. The molecular weight excluding hydrogens is 323 g/mol. The summed E-state index contributed by atoms with van der Waals surface area (Å²) in [6.07, 6.45) is 4.35. The molecule has 0 unspecified atom stereocenters. The molecule has 0 saturated carbocycles. The molecule has 0 aliphatic heterocycles. The van der Waals surface area contributed by atoms with Gasteiger partial charge in [0.1, 0.15) is 0 Å². The number of hydrogen-bond acceptors (Lipinski definition) is 4. The Morgan fingerprint density at radius 3 is 0.950 bits per heavy atom. The second-order valence-electron chi connectivity index (χ2n) is 2.97. The second-order valence-corrected chi connectivity index (χ2v) is 2.97. The van der Waals surface area contributed by atoms with E-state index in [2.05, 4.69) is 33.1 Å². The zero-order valence-corrected chi connectivity index (χ0v) is 15.4. The maximum Gasteiger partial charge on any atom is 0.240 e. The van der Waals surface area contributed by atoms with Gasteiger partial charge in [0, 0.05) is 0 Å². The standard InChI is InChI=1S/C3H5NO.3C3H9N.3ClH/c1-2-3(4)5;3*1-2-3-4;;;/h2H,1H2,(H2,4,5);3*2-4H2,1H3;3*1H. The van der Waals surface area contributed by atoms with Crippen LogP contribution < -0.4 is 22.9 Å². The van der Waals surface area contributed by atoms with Crippen molar-refractivity contribution in [1.29, 1.82) is 0 Å². The topological polar surface area (TPSA) is 121 Å². The number of rotatable bonds is 4. The summed E-state index contributed by atoms with van der Waals surface area (Å²) in [5, 5.41) is 0. The van der Waals surface area contributed by atoms with Gasteiger partial charge in [-0.2, -0.15) is 0 Å². The van der Waals surface area contributed by atoms with Crippen LogP contribution in [0.5, 0.6) is 0 Å². The Bertz CT molecular complexity index is 126. The first-order chi connectivity index (χ1) is 8.01. The maximum atomic E-state index is 9.47. The highest BCUT2D eigenvalue weighted by molar-refractivity contribution is 5.86. The predicted molar refractivity (Wildman–Crippen MR) is 99.2 cm³/mol. The van der Waals surface area contributed by atoms with Gasteiger partial charge in [0.05, 0.1) is 0 Å². The minimum Gasteiger partial charge on any atom is -0.366 e. The fourth-order valence-electron chi connectivity index (χ4n) is 0. The molecule has 1 amide bonds. The van der Waals surface area contributed by atoms with E-state index in [0.717, 1.165) is 45.0 Å². The number of amides is 1. The molecule has 0 rings (SSSR count). The van der Waals surface area contributed by atoms with Crippen molar-refractivity contribution < 1.29 is 4.79 Å². The molecule has 5 nitrogen and oxygen atoms in total. The predicted octanol–water partition coefficient (Wildman–Crippen LogP) is 1.99. The summed E-state index contributed by atoms with van der Waals surface area (Å²) in [5.74, 6) is -0.481. The minimum atomic E-state index is -0.481. The molecule has 0 fully saturated rings. The number of carbonyl (C=O) groups is 1. The van der Waals surface area contributed by atoms with E-state index in [9.17, 15) is 4.79 Å². The molecule has 8 heteroatoms. The third kappa shape index (κ3) is 210. The van der Waals surface area contributed by atoms with Gasteiger partial charge in [0.25, 0.3) is 0 Å². The lowest BCUT2D eigenvalue weighted by molar-refractivity contribution is -0.113. The molecule has 0 saturated heterocycles. The Kier molecular flexibility index (Phi) is 132. The number of nitrogens with two attached hydrogens (primary N) is 4. The van der Waals surface area contributed by atoms with Crippen molar-refractivity contribution >= 4 is 43.1 Å². The Morgan fingerprint density at radius 1 is 0.850 bits per heavy atom. The van der Waals surface area contributed by atoms with Crippen LogP contribution in [0.3, 0.4) is 0 Å². The highest BCUT2D eigenvalue weighted by atomic mass is 35.5. The van der Waals surface area contributed by atoms with Gasteiger partial charge in [-0.25, -0.2) is 0 Å². The first-order valence-corrected chi connectivity index (χ1v) is 6.04. The summed E-state index contributed by atoms with van der Waals surface area (Å²) in [4.78, 5) is 9.47. The van der Waals surface area contributed by atoms with Crippen molar-refractivity contribution in [2.24, 2.45) is 22.9 Å². The van der Waals surface area contributed by atoms with Crippen LogP contribution >= 0.6 is 37.2 Å². The Balaban J connectivity index is -0.0000000216. The molecule has 0 aliphatic carbocycles. The number of halogens is 3. The summed E-state index contributed by atoms with van der Waals surface area (Å²) in [7, 11) is 0. The maximum absolute atomic E-state index is 9.47. The van der Waals surface area contributed by atoms with Gasteiger partial charge < -0.3 is 22.9 Å². The van der Waals surface area contributed by atoms with E-state index in [1.807, 2.05) is 0 Å². The molecule has 0 aromatic carbocycles. The van der Waals surface area contributed by atoms with Gasteiger partial charge >= 0.3 is 0 Å². The molecule has 0 radical (unpaired) electrons. The lowest BCUT2D eigenvalue weighted by atomic mass is 10.5. The van der Waals surface area contributed by atoms with Crippen LogP contribution in [0.2, 0.25) is 0 Å². The lowest BCUT2D eigenvalue weighted by Gasteiger charge is -1.70. The zero-order chi connectivity index (χ0) is 14.5. The fourth-order valence-corrected chi connectivity index (χ4v) is 0. The van der Waals surface area contributed by atoms with E-state index in [1.165, 1.54) is 0 Å². The van der Waals surface area contributed by atoms with Crippen LogP contribution in [0.1, 0.15) is 40.0 Å². The van der Waals surface area contributed by atoms with Crippen LogP contribution in [0.15, 0.2) is 12.7 Å². The van der Waals surface area contributed by atoms with Crippen LogP contribution in [-0.4, -0.2) is 25.5 Å².